The zero-order valence-electron chi connectivity index (χ0n) is 17.3. The van der Waals surface area contributed by atoms with Crippen LogP contribution >= 0.6 is 0 Å². The molecule has 5 rings (SSSR count). The molecule has 3 heterocycles. The van der Waals surface area contributed by atoms with Gasteiger partial charge >= 0.3 is 0 Å². The van der Waals surface area contributed by atoms with Gasteiger partial charge in [-0.1, -0.05) is 54.6 Å². The Balaban J connectivity index is 1.18. The van der Waals surface area contributed by atoms with Gasteiger partial charge in [-0.05, 0) is 35.2 Å². The van der Waals surface area contributed by atoms with Crippen LogP contribution in [0.1, 0.15) is 16.7 Å². The summed E-state index contributed by atoms with van der Waals surface area (Å²) in [6.45, 7) is 2.93. The van der Waals surface area contributed by atoms with Crippen LogP contribution in [0, 0.1) is 0 Å². The monoisotopic (exact) mass is 412 g/mol. The van der Waals surface area contributed by atoms with Gasteiger partial charge in [0.2, 0.25) is 5.91 Å². The lowest BCUT2D eigenvalue weighted by atomic mass is 10.0. The van der Waals surface area contributed by atoms with Crippen LogP contribution in [0.3, 0.4) is 0 Å². The lowest BCUT2D eigenvalue weighted by Crippen LogP contribution is -2.49. The second kappa shape index (κ2) is 8.55. The fraction of sp³-hybridized carbons (Fsp3) is 0.250. The molecule has 156 valence electrons. The number of nitrogens with zero attached hydrogens (tertiary/aromatic N) is 6. The highest BCUT2D eigenvalue weighted by molar-refractivity contribution is 5.79. The van der Waals surface area contributed by atoms with E-state index in [1.54, 1.807) is 10.8 Å². The van der Waals surface area contributed by atoms with Crippen molar-refractivity contribution in [3.63, 3.8) is 0 Å². The average molecular weight is 412 g/mol. The smallest absolute Gasteiger partial charge is 0.227 e. The molecule has 0 unspecified atom stereocenters. The Morgan fingerprint density at radius 1 is 0.839 bits per heavy atom. The zero-order valence-corrected chi connectivity index (χ0v) is 17.3. The third-order valence-corrected chi connectivity index (χ3v) is 5.70. The molecule has 2 aromatic carbocycles. The summed E-state index contributed by atoms with van der Waals surface area (Å²) in [5, 5.41) is 12.4. The van der Waals surface area contributed by atoms with Gasteiger partial charge in [-0.25, -0.2) is 0 Å². The Kier molecular flexibility index (Phi) is 5.31. The molecule has 1 fully saturated rings. The molecule has 1 aliphatic heterocycles. The molecule has 0 atom stereocenters. The van der Waals surface area contributed by atoms with Crippen molar-refractivity contribution in [2.24, 2.45) is 0 Å². The van der Waals surface area contributed by atoms with Gasteiger partial charge in [0, 0.05) is 26.2 Å². The van der Waals surface area contributed by atoms with Gasteiger partial charge in [-0.2, -0.15) is 4.52 Å². The van der Waals surface area contributed by atoms with Crippen molar-refractivity contribution in [3.05, 3.63) is 89.7 Å². The van der Waals surface area contributed by atoms with Crippen molar-refractivity contribution in [1.82, 2.24) is 24.7 Å². The summed E-state index contributed by atoms with van der Waals surface area (Å²) < 4.78 is 1.68. The van der Waals surface area contributed by atoms with E-state index in [1.165, 1.54) is 11.1 Å². The predicted octanol–water partition coefficient (Wildman–Crippen LogP) is 2.61. The number of rotatable bonds is 5. The summed E-state index contributed by atoms with van der Waals surface area (Å²) in [5.41, 5.74) is 4.31. The molecule has 0 saturated carbocycles. The number of piperazine rings is 1. The van der Waals surface area contributed by atoms with Gasteiger partial charge in [0.25, 0.3) is 0 Å². The molecular formula is C24H24N6O. The van der Waals surface area contributed by atoms with Crippen LogP contribution in [0.2, 0.25) is 0 Å². The van der Waals surface area contributed by atoms with Crippen LogP contribution in [0.25, 0.3) is 5.65 Å². The number of hydrogen-bond donors (Lipinski definition) is 0. The van der Waals surface area contributed by atoms with Crippen LogP contribution in [0.5, 0.6) is 0 Å². The van der Waals surface area contributed by atoms with E-state index in [1.807, 2.05) is 35.2 Å². The lowest BCUT2D eigenvalue weighted by molar-refractivity contribution is -0.130. The largest absolute Gasteiger partial charge is 0.352 e. The molecule has 0 N–H and O–H groups in total. The Morgan fingerprint density at radius 3 is 2.45 bits per heavy atom. The van der Waals surface area contributed by atoms with Crippen LogP contribution in [0.4, 0.5) is 5.82 Å². The molecule has 0 radical (unpaired) electrons. The van der Waals surface area contributed by atoms with Crippen molar-refractivity contribution in [2.75, 3.05) is 31.1 Å². The number of amides is 1. The van der Waals surface area contributed by atoms with E-state index in [4.69, 9.17) is 0 Å². The minimum atomic E-state index is 0.179. The maximum Gasteiger partial charge on any atom is 0.227 e. The Labute approximate surface area is 180 Å². The summed E-state index contributed by atoms with van der Waals surface area (Å²) in [5.74, 6) is 1.06. The third-order valence-electron chi connectivity index (χ3n) is 5.70. The molecule has 0 aliphatic carbocycles. The molecule has 1 amide bonds. The minimum Gasteiger partial charge on any atom is -0.352 e. The topological polar surface area (TPSA) is 66.6 Å². The maximum atomic E-state index is 12.9. The summed E-state index contributed by atoms with van der Waals surface area (Å²) in [7, 11) is 0. The van der Waals surface area contributed by atoms with Crippen LogP contribution in [0.15, 0.2) is 73.1 Å². The number of carbonyl (C=O) groups excluding carboxylic acids is 1. The van der Waals surface area contributed by atoms with E-state index < -0.39 is 0 Å². The van der Waals surface area contributed by atoms with Crippen molar-refractivity contribution in [1.29, 1.82) is 0 Å². The molecule has 0 bridgehead atoms. The quantitative estimate of drug-likeness (QED) is 0.504. The molecule has 7 nitrogen and oxygen atoms in total. The number of fused-ring (bicyclic) bond motifs is 1. The van der Waals surface area contributed by atoms with E-state index in [9.17, 15) is 4.79 Å². The third kappa shape index (κ3) is 4.40. The second-order valence-electron chi connectivity index (χ2n) is 7.85. The van der Waals surface area contributed by atoms with Gasteiger partial charge < -0.3 is 9.80 Å². The highest BCUT2D eigenvalue weighted by Crippen LogP contribution is 2.16. The van der Waals surface area contributed by atoms with Gasteiger partial charge in [0.1, 0.15) is 12.1 Å². The first-order valence-corrected chi connectivity index (χ1v) is 10.6. The Morgan fingerprint density at radius 2 is 1.61 bits per heavy atom. The van der Waals surface area contributed by atoms with Gasteiger partial charge in [-0.3, -0.25) is 4.79 Å². The number of hydrogen-bond acceptors (Lipinski definition) is 5. The van der Waals surface area contributed by atoms with Gasteiger partial charge in [0.15, 0.2) is 5.65 Å². The maximum absolute atomic E-state index is 12.9. The van der Waals surface area contributed by atoms with Crippen LogP contribution < -0.4 is 4.90 Å². The predicted molar refractivity (Wildman–Crippen MR) is 119 cm³/mol. The first-order chi connectivity index (χ1) is 15.2. The molecule has 7 heteroatoms. The molecular weight excluding hydrogens is 388 g/mol. The summed E-state index contributed by atoms with van der Waals surface area (Å²) in [4.78, 5) is 17.0. The normalized spacial score (nSPS) is 14.2. The van der Waals surface area contributed by atoms with Crippen molar-refractivity contribution >= 4 is 17.4 Å². The zero-order chi connectivity index (χ0) is 21.0. The Hall–Kier alpha value is -3.74. The molecule has 31 heavy (non-hydrogen) atoms. The lowest BCUT2D eigenvalue weighted by Gasteiger charge is -2.35. The van der Waals surface area contributed by atoms with Crippen molar-refractivity contribution in [3.8, 4) is 0 Å². The number of carbonyl (C=O) groups is 1. The van der Waals surface area contributed by atoms with Crippen molar-refractivity contribution < 1.29 is 4.79 Å². The molecule has 2 aromatic heterocycles. The molecule has 1 aliphatic rings. The first-order valence-electron chi connectivity index (χ1n) is 10.6. The summed E-state index contributed by atoms with van der Waals surface area (Å²) in [6, 6.07) is 22.6. The van der Waals surface area contributed by atoms with E-state index in [0.29, 0.717) is 19.5 Å². The van der Waals surface area contributed by atoms with Crippen LogP contribution in [-0.4, -0.2) is 56.8 Å². The van der Waals surface area contributed by atoms with E-state index in [2.05, 4.69) is 56.6 Å². The van der Waals surface area contributed by atoms with Gasteiger partial charge in [0.05, 0.1) is 6.42 Å². The van der Waals surface area contributed by atoms with Gasteiger partial charge in [-0.15, -0.1) is 15.3 Å². The standard InChI is InChI=1S/C24H24N6O/c31-24(17-21-8-4-7-20(16-21)15-19-5-2-1-3-6-19)29-13-11-28(12-14-29)23-10-9-22-26-25-18-30(22)27-23/h1-10,16,18H,11-15,17H2. The number of aromatic nitrogens is 4. The highest BCUT2D eigenvalue weighted by Gasteiger charge is 2.22. The highest BCUT2D eigenvalue weighted by atomic mass is 16.2. The SMILES string of the molecule is O=C(Cc1cccc(Cc2ccccc2)c1)N1CCN(c2ccc3nncn3n2)CC1. The minimum absolute atomic E-state index is 0.179. The molecule has 1 saturated heterocycles. The number of benzene rings is 2. The first kappa shape index (κ1) is 19.2. The van der Waals surface area contributed by atoms with E-state index in [0.717, 1.165) is 36.5 Å². The second-order valence-corrected chi connectivity index (χ2v) is 7.85. The van der Waals surface area contributed by atoms with Crippen molar-refractivity contribution in [2.45, 2.75) is 12.8 Å². The molecule has 0 spiro atoms. The van der Waals surface area contributed by atoms with Crippen LogP contribution in [-0.2, 0) is 17.6 Å². The Bertz CT molecular complexity index is 1180. The summed E-state index contributed by atoms with van der Waals surface area (Å²) >= 11 is 0. The number of anilines is 1. The van der Waals surface area contributed by atoms with E-state index in [-0.39, 0.29) is 5.91 Å². The fourth-order valence-electron chi connectivity index (χ4n) is 4.04. The summed E-state index contributed by atoms with van der Waals surface area (Å²) in [6.07, 6.45) is 2.92. The fourth-order valence-corrected chi connectivity index (χ4v) is 4.04. The van der Waals surface area contributed by atoms with E-state index >= 15 is 0 Å². The molecule has 4 aromatic rings. The average Bonchev–Trinajstić information content (AvgIpc) is 3.28.